The zero-order valence-electron chi connectivity index (χ0n) is 45.5. The number of methoxy groups -OCH3 is 1. The number of carbonyl (C=O) groups excluding carboxylic acids is 5. The Morgan fingerprint density at radius 3 is 2.28 bits per heavy atom. The molecular formula is C56H74Cl3F3N10O7. The van der Waals surface area contributed by atoms with Gasteiger partial charge in [0.05, 0.1) is 43.7 Å². The fraction of sp³-hybridized carbons (Fsp3) is 0.482. The largest absolute Gasteiger partial charge is 0.381 e. The molecule has 0 radical (unpaired) electrons. The number of nitrogens with two attached hydrogens (primary N) is 1. The van der Waals surface area contributed by atoms with Crippen LogP contribution in [0, 0.1) is 23.4 Å². The van der Waals surface area contributed by atoms with Crippen LogP contribution in [0.15, 0.2) is 78.9 Å². The molecule has 7 N–H and O–H groups in total. The van der Waals surface area contributed by atoms with Crippen molar-refractivity contribution >= 4 is 83.8 Å². The van der Waals surface area contributed by atoms with E-state index in [-0.39, 0.29) is 98.4 Å². The van der Waals surface area contributed by atoms with E-state index in [1.807, 2.05) is 25.1 Å². The number of amides is 5. The quantitative estimate of drug-likeness (QED) is 0.0751. The lowest BCUT2D eigenvalue weighted by atomic mass is 9.83. The Bertz CT molecular complexity index is 2790. The molecule has 17 nitrogen and oxygen atoms in total. The van der Waals surface area contributed by atoms with Gasteiger partial charge in [0.25, 0.3) is 5.91 Å². The van der Waals surface area contributed by atoms with Crippen LogP contribution in [-0.4, -0.2) is 154 Å². The van der Waals surface area contributed by atoms with Crippen molar-refractivity contribution in [3.8, 4) is 0 Å². The Kier molecular flexibility index (Phi) is 22.7. The molecule has 4 aromatic carbocycles. The van der Waals surface area contributed by atoms with Crippen molar-refractivity contribution in [3.05, 3.63) is 124 Å². The van der Waals surface area contributed by atoms with Crippen molar-refractivity contribution in [2.75, 3.05) is 88.7 Å². The van der Waals surface area contributed by atoms with E-state index in [0.29, 0.717) is 55.1 Å². The molecule has 79 heavy (non-hydrogen) atoms. The van der Waals surface area contributed by atoms with Crippen LogP contribution in [0.5, 0.6) is 0 Å². The zero-order chi connectivity index (χ0) is 54.6. The number of carbonyl (C=O) groups is 5. The second kappa shape index (κ2) is 27.9. The van der Waals surface area contributed by atoms with Gasteiger partial charge in [0.15, 0.2) is 0 Å². The molecule has 4 heterocycles. The SMILES string of the molecule is CN[C@@H](C)C(N)[C@H](C(=O)N1Cc2ccc(NC(=O)CNC(=O)[C@]3(C)CN(C(=O)CN4C[C@@H](C)NC[C@@H]4CN4CCOC[C@H]4C)c4cc(Cc5ccc(F)cc5)ccc43)cc2[C@H]1C(=O)Nc1c(F)cccc1F)[C@@H](C)OC.Cl.Cl.Cl. The van der Waals surface area contributed by atoms with Crippen molar-refractivity contribution in [2.45, 2.75) is 95.4 Å². The number of halogens is 6. The first-order chi connectivity index (χ1) is 36.3. The summed E-state index contributed by atoms with van der Waals surface area (Å²) in [7, 11) is 3.14. The topological polar surface area (TPSA) is 203 Å². The lowest BCUT2D eigenvalue weighted by Gasteiger charge is -2.43. The van der Waals surface area contributed by atoms with Gasteiger partial charge in [-0.2, -0.15) is 0 Å². The van der Waals surface area contributed by atoms with Gasteiger partial charge >= 0.3 is 0 Å². The van der Waals surface area contributed by atoms with Gasteiger partial charge in [-0.3, -0.25) is 33.8 Å². The van der Waals surface area contributed by atoms with Gasteiger partial charge in [0, 0.05) is 88.0 Å². The number of rotatable bonds is 18. The van der Waals surface area contributed by atoms with Crippen LogP contribution in [0.4, 0.5) is 30.2 Å². The third-order valence-corrected chi connectivity index (χ3v) is 15.7. The number of anilines is 3. The van der Waals surface area contributed by atoms with E-state index in [4.69, 9.17) is 15.2 Å². The van der Waals surface area contributed by atoms with Gasteiger partial charge in [-0.1, -0.05) is 36.4 Å². The minimum absolute atomic E-state index is 0. The normalized spacial score (nSPS) is 22.4. The van der Waals surface area contributed by atoms with E-state index in [1.54, 1.807) is 50.1 Å². The number of benzene rings is 4. The summed E-state index contributed by atoms with van der Waals surface area (Å²) in [5.74, 6) is -6.06. The number of ether oxygens (including phenoxy) is 2. The lowest BCUT2D eigenvalue weighted by Crippen LogP contribution is -2.62. The van der Waals surface area contributed by atoms with E-state index in [0.717, 1.165) is 42.4 Å². The Morgan fingerprint density at radius 1 is 0.911 bits per heavy atom. The van der Waals surface area contributed by atoms with Crippen molar-refractivity contribution < 1.29 is 46.6 Å². The molecule has 0 aromatic heterocycles. The van der Waals surface area contributed by atoms with Crippen molar-refractivity contribution in [3.63, 3.8) is 0 Å². The van der Waals surface area contributed by atoms with E-state index in [1.165, 1.54) is 30.2 Å². The standard InChI is InChI=1S/C56H71F3N10O7.3ClH/c1-32-26-67(41(24-62-32)28-66-19-20-76-30-33(66)2)29-48(71)69-31-56(5,43-18-13-37(22-46(43)69)21-36-11-15-39(57)16-12-36)55(74)63-25-47(70)64-40-17-14-38-27-68(54(73)49(35(4)75-7)50(60)34(3)61-6)52(42(38)23-40)53(72)65-51-44(58)9-8-10-45(51)59;;;/h8-18,22-23,32-35,41,49-50,52,61-62H,19-21,24-31,60H2,1-7H3,(H,63,74)(H,64,70)(H,65,72);3*1H/t32-,33-,34+,35-,41-,49-,50?,52+,56-;;;/m1.../s1. The molecule has 8 rings (SSSR count). The van der Waals surface area contributed by atoms with Gasteiger partial charge in [0.1, 0.15) is 29.2 Å². The molecule has 9 atom stereocenters. The molecule has 0 aliphatic carbocycles. The smallest absolute Gasteiger partial charge is 0.252 e. The van der Waals surface area contributed by atoms with E-state index >= 15 is 0 Å². The fourth-order valence-corrected chi connectivity index (χ4v) is 11.0. The summed E-state index contributed by atoms with van der Waals surface area (Å²) in [4.78, 5) is 79.6. The molecule has 432 valence electrons. The highest BCUT2D eigenvalue weighted by Gasteiger charge is 2.48. The average molecular weight is 1160 g/mol. The van der Waals surface area contributed by atoms with Gasteiger partial charge in [0.2, 0.25) is 23.6 Å². The monoisotopic (exact) mass is 1160 g/mol. The molecule has 23 heteroatoms. The second-order valence-electron chi connectivity index (χ2n) is 21.0. The molecule has 2 saturated heterocycles. The Labute approximate surface area is 478 Å². The summed E-state index contributed by atoms with van der Waals surface area (Å²) in [6, 6.07) is 17.7. The number of piperazine rings is 1. The highest BCUT2D eigenvalue weighted by Crippen LogP contribution is 2.43. The summed E-state index contributed by atoms with van der Waals surface area (Å²) < 4.78 is 55.0. The molecule has 4 aliphatic heterocycles. The Balaban J connectivity index is 0.00000383. The summed E-state index contributed by atoms with van der Waals surface area (Å²) in [6.45, 7) is 13.3. The van der Waals surface area contributed by atoms with Crippen LogP contribution in [-0.2, 0) is 51.8 Å². The van der Waals surface area contributed by atoms with E-state index < -0.39 is 77.0 Å². The molecule has 0 spiro atoms. The van der Waals surface area contributed by atoms with Crippen molar-refractivity contribution in [2.24, 2.45) is 11.7 Å². The molecule has 0 bridgehead atoms. The molecule has 5 amide bonds. The summed E-state index contributed by atoms with van der Waals surface area (Å²) in [5, 5.41) is 14.6. The van der Waals surface area contributed by atoms with Crippen LogP contribution in [0.3, 0.4) is 0 Å². The lowest BCUT2D eigenvalue weighted by molar-refractivity contribution is -0.147. The molecular weight excluding hydrogens is 1090 g/mol. The number of para-hydroxylation sites is 1. The van der Waals surface area contributed by atoms with Gasteiger partial charge in [-0.05, 0) is 118 Å². The maximum Gasteiger partial charge on any atom is 0.252 e. The first-order valence-corrected chi connectivity index (χ1v) is 26.0. The summed E-state index contributed by atoms with van der Waals surface area (Å²) in [5.41, 5.74) is 8.62. The molecule has 2 fully saturated rings. The highest BCUT2D eigenvalue weighted by atomic mass is 35.5. The number of hydrogen-bond donors (Lipinski definition) is 6. The van der Waals surface area contributed by atoms with E-state index in [9.17, 15) is 37.1 Å². The van der Waals surface area contributed by atoms with Gasteiger partial charge in [-0.15, -0.1) is 37.2 Å². The van der Waals surface area contributed by atoms with Crippen molar-refractivity contribution in [1.82, 2.24) is 30.7 Å². The predicted octanol–water partition coefficient (Wildman–Crippen LogP) is 5.31. The Morgan fingerprint density at radius 2 is 1.61 bits per heavy atom. The minimum Gasteiger partial charge on any atom is -0.381 e. The third-order valence-electron chi connectivity index (χ3n) is 15.7. The molecule has 0 saturated carbocycles. The number of nitrogens with zero attached hydrogens (tertiary/aromatic N) is 4. The van der Waals surface area contributed by atoms with Crippen LogP contribution in [0.1, 0.15) is 68.5 Å². The summed E-state index contributed by atoms with van der Waals surface area (Å²) >= 11 is 0. The van der Waals surface area contributed by atoms with Crippen LogP contribution >= 0.6 is 37.2 Å². The number of likely N-dealkylation sites (N-methyl/N-ethyl adjacent to an activating group) is 1. The number of fused-ring (bicyclic) bond motifs is 2. The molecule has 4 aromatic rings. The highest BCUT2D eigenvalue weighted by molar-refractivity contribution is 6.04. The zero-order valence-corrected chi connectivity index (χ0v) is 47.9. The maximum absolute atomic E-state index is 14.9. The van der Waals surface area contributed by atoms with E-state index in [2.05, 4.69) is 50.2 Å². The molecule has 4 aliphatic rings. The number of hydrogen-bond acceptors (Lipinski definition) is 12. The second-order valence-corrected chi connectivity index (χ2v) is 21.0. The third kappa shape index (κ3) is 14.4. The number of morpholine rings is 1. The maximum atomic E-state index is 14.9. The first-order valence-electron chi connectivity index (χ1n) is 26.0. The van der Waals surface area contributed by atoms with Crippen LogP contribution in [0.2, 0.25) is 0 Å². The molecule has 1 unspecified atom stereocenters. The van der Waals surface area contributed by atoms with Crippen LogP contribution in [0.25, 0.3) is 0 Å². The minimum atomic E-state index is -1.42. The fourth-order valence-electron chi connectivity index (χ4n) is 11.0. The number of nitrogens with one attached hydrogen (secondary N) is 5. The van der Waals surface area contributed by atoms with Crippen molar-refractivity contribution in [1.29, 1.82) is 0 Å². The van der Waals surface area contributed by atoms with Gasteiger partial charge in [-0.25, -0.2) is 13.2 Å². The predicted molar refractivity (Wildman–Crippen MR) is 305 cm³/mol. The van der Waals surface area contributed by atoms with Gasteiger partial charge < -0.3 is 51.6 Å². The first kappa shape index (κ1) is 64.4. The Hall–Kier alpha value is -5.39. The van der Waals surface area contributed by atoms with Crippen LogP contribution < -0.4 is 37.2 Å². The summed E-state index contributed by atoms with van der Waals surface area (Å²) in [6.07, 6.45) is -0.240. The average Bonchev–Trinajstić information content (AvgIpc) is 4.03.